The number of thioether (sulfide) groups is 5. The number of benzene rings is 8. The Kier molecular flexibility index (Phi) is 44.4. The number of non-ortho nitro benzene ring substituents is 1. The molecule has 8 rings (SSSR count). The molecule has 121 heavy (non-hydrogen) atoms. The van der Waals surface area contributed by atoms with E-state index in [0.29, 0.717) is 52.1 Å². The minimum Gasteiger partial charge on any atom is -0.456 e. The van der Waals surface area contributed by atoms with Crippen molar-refractivity contribution in [1.29, 1.82) is 0 Å². The molecule has 8 aromatic carbocycles. The quantitative estimate of drug-likeness (QED) is 0.00496. The topological polar surface area (TPSA) is 544 Å². The number of nitrogens with two attached hydrogens (primary N) is 5. The normalized spacial score (nSPS) is 10.8. The van der Waals surface area contributed by atoms with Crippen LogP contribution in [-0.4, -0.2) is 146 Å². The Morgan fingerprint density at radius 3 is 0.992 bits per heavy atom. The van der Waals surface area contributed by atoms with Crippen molar-refractivity contribution in [2.75, 3.05) is 59.5 Å². The molecule has 0 aromatic heterocycles. The molecule has 0 aliphatic heterocycles. The maximum Gasteiger partial charge on any atom is 0.416 e. The lowest BCUT2D eigenvalue weighted by atomic mass is 10.2. The lowest BCUT2D eigenvalue weighted by molar-refractivity contribution is -0.384. The van der Waals surface area contributed by atoms with Gasteiger partial charge in [0.25, 0.3) is 50.9 Å². The zero-order valence-electron chi connectivity index (χ0n) is 63.4. The number of halogens is 6. The summed E-state index contributed by atoms with van der Waals surface area (Å²) >= 11 is 10.3. The molecule has 640 valence electrons. The summed E-state index contributed by atoms with van der Waals surface area (Å²) in [7, 11) is 0. The molecule has 8 aromatic rings. The second-order valence-electron chi connectivity index (χ2n) is 23.5. The standard InChI is InChI=1S/C18H16F3N3O3S.C17H16FN3O3S.C17H16N4O5S.C13H15BrN2O4S.C12H13BrN2O4S/c19-18(20,21)11-5-7-12(8-6-11)24-17(27)28-14-4-2-1-3-13(14)16(26)23-10-9-15(22)25;1-10(15(19)22)20-16(23)13-4-2-3-5-14(13)25-17(24)21-12-8-6-11(18)7-9-12;1-10(15(18)22)19-16(23)13-4-2-3-5-14(13)27-17(24)20-11-6-8-12(9-7-11)21(25)26;14-6-8-20-13(19)21-10-4-2-1-3-9(10)12(18)16-7-5-11(15)17;13-5-6-19-12(18)20-9-4-2-1-3-8(9)11(17)15-7-10(14)16/h1-8H,9-10H2,(H2,22,25)(H,23,26)(H,24,27);2-10H,1H3,(H2,19,22)(H,20,23)(H,21,24);2-10H,1H3,(H2,18,22)(H,19,23)(H,20,24);1-4H,5-8H2,(H2,15,17)(H,16,18);1-4H,5-7H2,(H2,14,16)(H,15,17)/t;2*10-;;/m.11../s1. The molecule has 0 bridgehead atoms. The van der Waals surface area contributed by atoms with Gasteiger partial charge in [-0.1, -0.05) is 92.5 Å². The maximum absolute atomic E-state index is 12.9. The summed E-state index contributed by atoms with van der Waals surface area (Å²) in [6.45, 7) is 3.40. The average molecular weight is 1900 g/mol. The SMILES string of the molecule is C[C@@H](NC(=O)c1ccccc1SC(=O)Nc1ccc(F)cc1)C(N)=O.C[C@@H](NC(=O)c1ccccc1SC(=O)Nc1ccc([N+](=O)[O-])cc1)C(N)=O.NC(=O)CCNC(=O)c1ccccc1SC(=O)Nc1ccc(C(F)(F)F)cc1.NC(=O)CCNC(=O)c1ccccc1SC(=O)OCCBr.NC(=O)CNC(=O)c1ccccc1SC(=O)OCCBr. The highest BCUT2D eigenvalue weighted by atomic mass is 79.9. The Morgan fingerprint density at radius 2 is 0.702 bits per heavy atom. The molecule has 0 aliphatic carbocycles. The number of carbonyl (C=O) groups is 15. The number of amides is 13. The zero-order valence-corrected chi connectivity index (χ0v) is 70.6. The van der Waals surface area contributed by atoms with Gasteiger partial charge in [-0.05, 0) is 194 Å². The summed E-state index contributed by atoms with van der Waals surface area (Å²) in [6.07, 6.45) is -4.41. The Bertz CT molecular complexity index is 5000. The van der Waals surface area contributed by atoms with Crippen LogP contribution in [0.5, 0.6) is 0 Å². The van der Waals surface area contributed by atoms with E-state index in [-0.39, 0.29) is 85.2 Å². The summed E-state index contributed by atoms with van der Waals surface area (Å²) in [4.78, 5) is 187. The van der Waals surface area contributed by atoms with Gasteiger partial charge in [0.2, 0.25) is 29.5 Å². The van der Waals surface area contributed by atoms with E-state index < -0.39 is 114 Å². The van der Waals surface area contributed by atoms with E-state index in [0.717, 1.165) is 83.1 Å². The van der Waals surface area contributed by atoms with Gasteiger partial charge >= 0.3 is 16.8 Å². The number of hydrogen-bond acceptors (Lipinski definition) is 24. The number of rotatable bonds is 30. The molecule has 0 heterocycles. The second kappa shape index (κ2) is 53.2. The molecule has 0 fully saturated rings. The van der Waals surface area contributed by atoms with Gasteiger partial charge in [0.15, 0.2) is 0 Å². The molecule has 2 atom stereocenters. The molecule has 33 nitrogen and oxygen atoms in total. The first-order chi connectivity index (χ1) is 57.4. The number of anilines is 3. The number of alkyl halides is 5. The third-order valence-electron chi connectivity index (χ3n) is 14.4. The van der Waals surface area contributed by atoms with Crippen LogP contribution in [0.1, 0.15) is 84.0 Å². The van der Waals surface area contributed by atoms with Crippen molar-refractivity contribution < 1.29 is 104 Å². The zero-order chi connectivity index (χ0) is 89.7. The number of carbonyl (C=O) groups excluding carboxylic acids is 15. The fourth-order valence-corrected chi connectivity index (χ4v) is 12.8. The highest BCUT2D eigenvalue weighted by molar-refractivity contribution is 9.09. The van der Waals surface area contributed by atoms with E-state index in [4.69, 9.17) is 38.1 Å². The van der Waals surface area contributed by atoms with Crippen molar-refractivity contribution in [2.24, 2.45) is 28.7 Å². The first-order valence-corrected chi connectivity index (χ1v) is 41.0. The molecular weight excluding hydrogens is 1820 g/mol. The third-order valence-corrected chi connectivity index (χ3v) is 19.4. The summed E-state index contributed by atoms with van der Waals surface area (Å²) in [5.41, 5.74) is 26.6. The van der Waals surface area contributed by atoms with Crippen LogP contribution in [0.15, 0.2) is 219 Å². The van der Waals surface area contributed by atoms with E-state index in [1.54, 1.807) is 103 Å². The molecular formula is C77H76Br2F4N14O19S5. The van der Waals surface area contributed by atoms with Gasteiger partial charge in [-0.3, -0.25) is 72.4 Å². The molecule has 0 spiro atoms. The largest absolute Gasteiger partial charge is 0.456 e. The summed E-state index contributed by atoms with van der Waals surface area (Å²) in [5, 5.41) is 29.3. The smallest absolute Gasteiger partial charge is 0.416 e. The number of ether oxygens (including phenoxy) is 2. The van der Waals surface area contributed by atoms with Gasteiger partial charge in [-0.2, -0.15) is 13.2 Å². The molecule has 0 unspecified atom stereocenters. The summed E-state index contributed by atoms with van der Waals surface area (Å²) in [6, 6.07) is 45.4. The number of primary amides is 5. The number of nitrogens with zero attached hydrogens (tertiary/aromatic N) is 1. The lowest BCUT2D eigenvalue weighted by Gasteiger charge is -2.12. The van der Waals surface area contributed by atoms with E-state index in [1.165, 1.54) is 80.6 Å². The van der Waals surface area contributed by atoms with Gasteiger partial charge in [0.1, 0.15) is 31.1 Å². The Morgan fingerprint density at radius 1 is 0.413 bits per heavy atom. The average Bonchev–Trinajstić information content (AvgIpc) is 0.842. The summed E-state index contributed by atoms with van der Waals surface area (Å²) in [5.74, 6) is -5.79. The second-order valence-corrected chi connectivity index (χ2v) is 30.1. The summed E-state index contributed by atoms with van der Waals surface area (Å²) < 4.78 is 60.4. The fraction of sp³-hybridized carbons (Fsp3) is 0.182. The molecule has 0 aliphatic rings. The molecule has 13 amide bonds. The molecule has 0 saturated carbocycles. The monoisotopic (exact) mass is 1890 g/mol. The van der Waals surface area contributed by atoms with Crippen LogP contribution in [0.2, 0.25) is 0 Å². The lowest BCUT2D eigenvalue weighted by Crippen LogP contribution is -2.42. The van der Waals surface area contributed by atoms with Crippen molar-refractivity contribution in [3.8, 4) is 0 Å². The minimum atomic E-state index is -4.46. The van der Waals surface area contributed by atoms with Gasteiger partial charge < -0.3 is 80.7 Å². The number of nitro groups is 1. The maximum atomic E-state index is 12.9. The third kappa shape index (κ3) is 38.9. The van der Waals surface area contributed by atoms with Crippen molar-refractivity contribution in [2.45, 2.75) is 69.4 Å². The van der Waals surface area contributed by atoms with E-state index in [1.807, 2.05) is 0 Å². The van der Waals surface area contributed by atoms with Crippen LogP contribution in [0.4, 0.5) is 64.3 Å². The predicted octanol–water partition coefficient (Wildman–Crippen LogP) is 12.4. The molecule has 44 heteroatoms. The van der Waals surface area contributed by atoms with E-state index in [2.05, 4.69) is 74.4 Å². The van der Waals surface area contributed by atoms with Gasteiger partial charge in [0.05, 0.1) is 44.8 Å². The van der Waals surface area contributed by atoms with E-state index >= 15 is 0 Å². The first-order valence-electron chi connectivity index (χ1n) is 34.7. The molecule has 0 saturated heterocycles. The Labute approximate surface area is 725 Å². The van der Waals surface area contributed by atoms with Crippen LogP contribution in [0.25, 0.3) is 0 Å². The number of nitro benzene ring substituents is 1. The van der Waals surface area contributed by atoms with Gasteiger partial charge in [-0.15, -0.1) is 0 Å². The number of nitrogens with one attached hydrogen (secondary N) is 8. The van der Waals surface area contributed by atoms with Crippen LogP contribution >= 0.6 is 90.7 Å². The van der Waals surface area contributed by atoms with Crippen molar-refractivity contribution >= 4 is 199 Å². The van der Waals surface area contributed by atoms with Gasteiger partial charge in [0, 0.05) is 90.3 Å². The minimum absolute atomic E-state index is 0.0184. The molecule has 18 N–H and O–H groups in total. The first kappa shape index (κ1) is 101. The van der Waals surface area contributed by atoms with Crippen LogP contribution in [0.3, 0.4) is 0 Å². The highest BCUT2D eigenvalue weighted by Crippen LogP contribution is 2.33. The van der Waals surface area contributed by atoms with E-state index in [9.17, 15) is 99.6 Å². The van der Waals surface area contributed by atoms with Crippen molar-refractivity contribution in [3.63, 3.8) is 0 Å². The van der Waals surface area contributed by atoms with Crippen LogP contribution in [-0.2, 0) is 39.6 Å². The Balaban J connectivity index is 0.000000320. The predicted molar refractivity (Wildman–Crippen MR) is 456 cm³/mol. The van der Waals surface area contributed by atoms with Crippen molar-refractivity contribution in [3.05, 3.63) is 243 Å². The highest BCUT2D eigenvalue weighted by Gasteiger charge is 2.30. The van der Waals surface area contributed by atoms with Gasteiger partial charge in [-0.25, -0.2) is 14.0 Å². The fourth-order valence-electron chi connectivity index (χ4n) is 8.61. The number of hydrogen-bond donors (Lipinski definition) is 13. The van der Waals surface area contributed by atoms with Crippen LogP contribution < -0.4 is 71.2 Å². The van der Waals surface area contributed by atoms with Crippen molar-refractivity contribution in [1.82, 2.24) is 26.6 Å². The Hall–Kier alpha value is -12.4. The van der Waals surface area contributed by atoms with Crippen LogP contribution in [0, 0.1) is 15.9 Å². The molecule has 0 radical (unpaired) electrons.